The number of aliphatic hydroxyl groups is 1. The van der Waals surface area contributed by atoms with E-state index < -0.39 is 19.3 Å². The smallest absolute Gasteiger partial charge is 0.191 e. The zero-order valence-electron chi connectivity index (χ0n) is 24.5. The summed E-state index contributed by atoms with van der Waals surface area (Å²) < 4.78 is 18.2. The van der Waals surface area contributed by atoms with Gasteiger partial charge in [0.2, 0.25) is 0 Å². The fourth-order valence-electron chi connectivity index (χ4n) is 6.30. The number of methoxy groups -OCH3 is 1. The van der Waals surface area contributed by atoms with E-state index in [1.54, 1.807) is 7.11 Å². The predicted molar refractivity (Wildman–Crippen MR) is 156 cm³/mol. The third-order valence-electron chi connectivity index (χ3n) is 9.86. The topological polar surface area (TPSA) is 47.9 Å². The second-order valence-corrected chi connectivity index (χ2v) is 18.0. The lowest BCUT2D eigenvalue weighted by molar-refractivity contribution is -0.133. The van der Waals surface area contributed by atoms with Crippen molar-refractivity contribution in [1.29, 1.82) is 0 Å². The number of ether oxygens (including phenoxy) is 2. The highest BCUT2D eigenvalue weighted by Crippen LogP contribution is 2.71. The minimum Gasteiger partial charge on any atom is -0.497 e. The highest BCUT2D eigenvalue weighted by molar-refractivity contribution is 6.74. The normalized spacial score (nSPS) is 29.1. The van der Waals surface area contributed by atoms with E-state index >= 15 is 0 Å². The van der Waals surface area contributed by atoms with Gasteiger partial charge in [0.05, 0.1) is 19.8 Å². The number of allylic oxidation sites excluding steroid dienone is 2. The van der Waals surface area contributed by atoms with Gasteiger partial charge in [-0.15, -0.1) is 6.58 Å². The average Bonchev–Trinajstić information content (AvgIpc) is 3.17. The molecular formula is C32H50O4Si. The van der Waals surface area contributed by atoms with Crippen LogP contribution in [0.3, 0.4) is 0 Å². The third kappa shape index (κ3) is 5.43. The largest absolute Gasteiger partial charge is 0.497 e. The van der Waals surface area contributed by atoms with Crippen LogP contribution in [0, 0.1) is 16.7 Å². The molecule has 1 N–H and O–H groups in total. The first-order valence-corrected chi connectivity index (χ1v) is 16.7. The Balaban J connectivity index is 1.72. The maximum absolute atomic E-state index is 12.3. The van der Waals surface area contributed by atoms with Crippen molar-refractivity contribution in [2.75, 3.05) is 13.7 Å². The quantitative estimate of drug-likeness (QED) is 0.130. The van der Waals surface area contributed by atoms with Gasteiger partial charge in [0.25, 0.3) is 0 Å². The zero-order chi connectivity index (χ0) is 27.7. The van der Waals surface area contributed by atoms with Crippen molar-refractivity contribution in [3.8, 4) is 5.75 Å². The van der Waals surface area contributed by atoms with Gasteiger partial charge < -0.3 is 19.0 Å². The van der Waals surface area contributed by atoms with Crippen LogP contribution in [-0.2, 0) is 15.8 Å². The van der Waals surface area contributed by atoms with Crippen molar-refractivity contribution in [3.63, 3.8) is 0 Å². The Hall–Kier alpha value is -1.66. The van der Waals surface area contributed by atoms with Crippen LogP contribution in [-0.4, -0.2) is 38.8 Å². The molecule has 1 aromatic rings. The van der Waals surface area contributed by atoms with Crippen LogP contribution in [0.4, 0.5) is 0 Å². The van der Waals surface area contributed by atoms with Crippen LogP contribution in [0.2, 0.25) is 18.1 Å². The van der Waals surface area contributed by atoms with Gasteiger partial charge >= 0.3 is 0 Å². The molecule has 2 bridgehead atoms. The molecule has 1 aromatic carbocycles. The Kier molecular flexibility index (Phi) is 8.75. The molecule has 0 heterocycles. The first kappa shape index (κ1) is 29.9. The molecule has 2 aliphatic carbocycles. The molecule has 0 saturated heterocycles. The summed E-state index contributed by atoms with van der Waals surface area (Å²) in [7, 11) is -0.0769. The Morgan fingerprint density at radius 3 is 2.41 bits per heavy atom. The summed E-state index contributed by atoms with van der Waals surface area (Å²) >= 11 is 0. The van der Waals surface area contributed by atoms with E-state index in [1.165, 1.54) is 0 Å². The van der Waals surface area contributed by atoms with Crippen molar-refractivity contribution in [1.82, 2.24) is 0 Å². The molecule has 2 saturated carbocycles. The maximum Gasteiger partial charge on any atom is 0.191 e. The third-order valence-corrected chi connectivity index (χ3v) is 14.4. The van der Waals surface area contributed by atoms with Crippen molar-refractivity contribution in [2.24, 2.45) is 16.7 Å². The molecule has 5 heteroatoms. The summed E-state index contributed by atoms with van der Waals surface area (Å²) in [6.45, 7) is 25.6. The number of hydrogen-bond acceptors (Lipinski definition) is 4. The summed E-state index contributed by atoms with van der Waals surface area (Å²) in [5.74, 6) is 1.06. The van der Waals surface area contributed by atoms with Crippen LogP contribution in [0.1, 0.15) is 65.9 Å². The number of hydrogen-bond donors (Lipinski definition) is 1. The fourth-order valence-corrected chi connectivity index (χ4v) is 7.39. The van der Waals surface area contributed by atoms with Crippen LogP contribution in [0.25, 0.3) is 0 Å². The minimum absolute atomic E-state index is 0.128. The molecule has 2 fully saturated rings. The Labute approximate surface area is 226 Å². The SMILES string of the molecule is C=C[C@@]12CC[C@@H]([C@@H](OCc3ccc(OC)cc3)[C@]1(O)/C=C\C(=C)CCCO[Si](C)(C)C(C)(C)C)C2(C)C. The molecule has 3 rings (SSSR count). The fraction of sp³-hybridized carbons (Fsp3) is 0.625. The van der Waals surface area contributed by atoms with Crippen LogP contribution in [0.5, 0.6) is 5.75 Å². The highest BCUT2D eigenvalue weighted by atomic mass is 28.4. The Morgan fingerprint density at radius 2 is 1.84 bits per heavy atom. The number of benzene rings is 1. The van der Waals surface area contributed by atoms with Crippen molar-refractivity contribution in [3.05, 3.63) is 66.8 Å². The van der Waals surface area contributed by atoms with Gasteiger partial charge in [-0.2, -0.15) is 0 Å². The number of fused-ring (bicyclic) bond motifs is 2. The van der Waals surface area contributed by atoms with E-state index in [0.29, 0.717) is 6.61 Å². The second kappa shape index (κ2) is 10.8. The lowest BCUT2D eigenvalue weighted by Gasteiger charge is -2.46. The molecule has 0 aliphatic heterocycles. The van der Waals surface area contributed by atoms with Crippen LogP contribution in [0.15, 0.2) is 61.2 Å². The predicted octanol–water partition coefficient (Wildman–Crippen LogP) is 7.85. The lowest BCUT2D eigenvalue weighted by Crippen LogP contribution is -2.53. The van der Waals surface area contributed by atoms with Gasteiger partial charge in [-0.1, -0.05) is 71.1 Å². The summed E-state index contributed by atoms with van der Waals surface area (Å²) in [4.78, 5) is 0. The molecular weight excluding hydrogens is 476 g/mol. The molecule has 0 amide bonds. The van der Waals surface area contributed by atoms with Gasteiger partial charge in [0, 0.05) is 12.0 Å². The maximum atomic E-state index is 12.3. The van der Waals surface area contributed by atoms with E-state index in [-0.39, 0.29) is 22.5 Å². The zero-order valence-corrected chi connectivity index (χ0v) is 25.5. The summed E-state index contributed by atoms with van der Waals surface area (Å²) in [5.41, 5.74) is 0.343. The van der Waals surface area contributed by atoms with E-state index in [9.17, 15) is 5.11 Å². The molecule has 206 valence electrons. The lowest BCUT2D eigenvalue weighted by atomic mass is 9.62. The minimum atomic E-state index is -1.74. The van der Waals surface area contributed by atoms with Gasteiger partial charge in [0.15, 0.2) is 8.32 Å². The first-order chi connectivity index (χ1) is 17.1. The molecule has 4 nitrogen and oxygen atoms in total. The van der Waals surface area contributed by atoms with E-state index in [1.807, 2.05) is 42.5 Å². The molecule has 0 radical (unpaired) electrons. The highest BCUT2D eigenvalue weighted by Gasteiger charge is 2.74. The van der Waals surface area contributed by atoms with E-state index in [2.05, 4.69) is 60.9 Å². The standard InChI is InChI=1S/C32H50O4Si/c1-11-31-20-19-27(30(31,6)7)28(35-23-25-14-16-26(34-8)17-15-25)32(31,33)21-18-24(2)13-12-22-36-37(9,10)29(3,4)5/h11,14-18,21,27-28,33H,1-2,12-13,19-20,22-23H2,3-10H3/b21-18-/t27-,28+,31-,32+/m0/s1. The molecule has 37 heavy (non-hydrogen) atoms. The molecule has 0 unspecified atom stereocenters. The molecule has 0 spiro atoms. The monoisotopic (exact) mass is 526 g/mol. The molecule has 2 aliphatic rings. The number of rotatable bonds is 12. The van der Waals surface area contributed by atoms with E-state index in [4.69, 9.17) is 13.9 Å². The first-order valence-electron chi connectivity index (χ1n) is 13.8. The van der Waals surface area contributed by atoms with E-state index in [0.717, 1.165) is 49.2 Å². The van der Waals surface area contributed by atoms with Crippen molar-refractivity contribution < 1.29 is 19.0 Å². The van der Waals surface area contributed by atoms with Crippen molar-refractivity contribution >= 4 is 8.32 Å². The summed E-state index contributed by atoms with van der Waals surface area (Å²) in [5, 5.41) is 12.6. The molecule has 0 aromatic heterocycles. The second-order valence-electron chi connectivity index (χ2n) is 13.2. The Bertz CT molecular complexity index is 987. The van der Waals surface area contributed by atoms with Crippen LogP contribution >= 0.6 is 0 Å². The van der Waals surface area contributed by atoms with Gasteiger partial charge in [-0.05, 0) is 78.9 Å². The summed E-state index contributed by atoms with van der Waals surface area (Å²) in [6, 6.07) is 7.92. The van der Waals surface area contributed by atoms with Gasteiger partial charge in [-0.25, -0.2) is 0 Å². The summed E-state index contributed by atoms with van der Waals surface area (Å²) in [6.07, 6.45) is 9.34. The molecule has 4 atom stereocenters. The van der Waals surface area contributed by atoms with Gasteiger partial charge in [-0.3, -0.25) is 0 Å². The Morgan fingerprint density at radius 1 is 1.19 bits per heavy atom. The van der Waals surface area contributed by atoms with Gasteiger partial charge in [0.1, 0.15) is 11.4 Å². The van der Waals surface area contributed by atoms with Crippen molar-refractivity contribution in [2.45, 2.75) is 96.7 Å². The van der Waals surface area contributed by atoms with Crippen LogP contribution < -0.4 is 4.74 Å². The average molecular weight is 527 g/mol.